The smallest absolute Gasteiger partial charge is 0.332 e. The van der Waals surface area contributed by atoms with Gasteiger partial charge in [-0.05, 0) is 20.9 Å². The minimum Gasteiger partial charge on any atom is -0.479 e. The molecule has 0 heterocycles. The van der Waals surface area contributed by atoms with Crippen molar-refractivity contribution in [2.45, 2.75) is 26.2 Å². The largest absolute Gasteiger partial charge is 0.479 e. The quantitative estimate of drug-likeness (QED) is 0.394. The van der Waals surface area contributed by atoms with Crippen LogP contribution in [0.15, 0.2) is 0 Å². The fourth-order valence-electron chi connectivity index (χ4n) is 0. The second-order valence-electron chi connectivity index (χ2n) is 1.98. The average molecular weight is 165 g/mol. The molecular formula is C6H15NO4. The first-order valence-corrected chi connectivity index (χ1v) is 3.18. The Labute approximate surface area is 65.7 Å². The topological polar surface area (TPSA) is 89.8 Å². The lowest BCUT2D eigenvalue weighted by Crippen LogP contribution is -2.19. The van der Waals surface area contributed by atoms with Crippen LogP contribution in [0.1, 0.15) is 13.8 Å². The number of aliphatic carboxylic acids is 1. The summed E-state index contributed by atoms with van der Waals surface area (Å²) in [5.41, 5.74) is 0. The van der Waals surface area contributed by atoms with Gasteiger partial charge in [-0.2, -0.15) is 0 Å². The van der Waals surface area contributed by atoms with Crippen LogP contribution in [0.4, 0.5) is 0 Å². The Bertz CT molecular complexity index is 103. The number of carboxylic acid groups (broad SMARTS) is 1. The van der Waals surface area contributed by atoms with Gasteiger partial charge in [0.25, 0.3) is 0 Å². The van der Waals surface area contributed by atoms with E-state index in [1.165, 1.54) is 6.92 Å². The Morgan fingerprint density at radius 3 is 1.55 bits per heavy atom. The van der Waals surface area contributed by atoms with E-state index >= 15 is 0 Å². The molecule has 0 aromatic carbocycles. The highest BCUT2D eigenvalue weighted by molar-refractivity contribution is 5.71. The molecule has 4 N–H and O–H groups in total. The van der Waals surface area contributed by atoms with Gasteiger partial charge in [0.1, 0.15) is 12.3 Å². The first kappa shape index (κ1) is 13.0. The summed E-state index contributed by atoms with van der Waals surface area (Å²) in [7, 11) is 1.70. The molecule has 0 spiro atoms. The number of aliphatic hydroxyl groups excluding tert-OH is 2. The summed E-state index contributed by atoms with van der Waals surface area (Å²) in [4.78, 5) is 9.45. The summed E-state index contributed by atoms with van der Waals surface area (Å²) in [5.74, 6) is -1.19. The minimum absolute atomic E-state index is 0.366. The van der Waals surface area contributed by atoms with Gasteiger partial charge in [0, 0.05) is 0 Å². The number of aliphatic hydroxyl groups is 2. The van der Waals surface area contributed by atoms with Crippen LogP contribution in [0, 0.1) is 0 Å². The summed E-state index contributed by atoms with van der Waals surface area (Å²) in [6.07, 6.45) is -1.60. The maximum atomic E-state index is 9.45. The zero-order chi connectivity index (χ0) is 9.44. The van der Waals surface area contributed by atoms with Crippen molar-refractivity contribution in [3.8, 4) is 0 Å². The maximum Gasteiger partial charge on any atom is 0.332 e. The number of hydrogen-bond acceptors (Lipinski definition) is 4. The number of carboxylic acids is 1. The zero-order valence-electron chi connectivity index (χ0n) is 6.90. The number of carbonyl (C=O) groups is 1. The van der Waals surface area contributed by atoms with Crippen molar-refractivity contribution < 1.29 is 20.1 Å². The number of nitrogens with one attached hydrogen (secondary N) is 1. The van der Waals surface area contributed by atoms with Crippen molar-refractivity contribution in [2.24, 2.45) is 0 Å². The molecule has 2 unspecified atom stereocenters. The minimum atomic E-state index is -1.23. The number of rotatable bonds is 2. The maximum absolute atomic E-state index is 9.45. The summed E-state index contributed by atoms with van der Waals surface area (Å²) >= 11 is 0. The molecule has 0 saturated heterocycles. The van der Waals surface area contributed by atoms with Gasteiger partial charge in [0.2, 0.25) is 0 Å². The molecule has 0 aliphatic carbocycles. The molecule has 0 amide bonds. The normalized spacial score (nSPS) is 14.3. The lowest BCUT2D eigenvalue weighted by molar-refractivity contribution is -0.145. The van der Waals surface area contributed by atoms with Crippen molar-refractivity contribution >= 4 is 5.97 Å². The van der Waals surface area contributed by atoms with Crippen LogP contribution in [0.2, 0.25) is 0 Å². The van der Waals surface area contributed by atoms with E-state index in [9.17, 15) is 4.79 Å². The van der Waals surface area contributed by atoms with Crippen molar-refractivity contribution in [3.05, 3.63) is 0 Å². The first-order chi connectivity index (χ1) is 4.91. The monoisotopic (exact) mass is 165 g/mol. The molecule has 0 fully saturated rings. The van der Waals surface area contributed by atoms with E-state index in [-0.39, 0.29) is 6.23 Å². The molecule has 0 bridgehead atoms. The van der Waals surface area contributed by atoms with E-state index in [1.807, 2.05) is 0 Å². The van der Waals surface area contributed by atoms with E-state index < -0.39 is 12.1 Å². The molecule has 0 aromatic rings. The highest BCUT2D eigenvalue weighted by Crippen LogP contribution is 1.73. The molecule has 0 saturated carbocycles. The second kappa shape index (κ2) is 7.46. The van der Waals surface area contributed by atoms with Gasteiger partial charge in [-0.15, -0.1) is 0 Å². The highest BCUT2D eigenvalue weighted by Gasteiger charge is 2.01. The third-order valence-electron chi connectivity index (χ3n) is 0.775. The van der Waals surface area contributed by atoms with Crippen LogP contribution in [-0.4, -0.2) is 40.7 Å². The van der Waals surface area contributed by atoms with Gasteiger partial charge >= 0.3 is 5.97 Å². The van der Waals surface area contributed by atoms with E-state index in [0.717, 1.165) is 0 Å². The van der Waals surface area contributed by atoms with Crippen LogP contribution in [-0.2, 0) is 4.79 Å². The zero-order valence-corrected chi connectivity index (χ0v) is 6.90. The Morgan fingerprint density at radius 2 is 1.55 bits per heavy atom. The molecule has 5 nitrogen and oxygen atoms in total. The van der Waals surface area contributed by atoms with Crippen LogP contribution in [0.3, 0.4) is 0 Å². The van der Waals surface area contributed by atoms with Crippen molar-refractivity contribution in [2.75, 3.05) is 7.05 Å². The van der Waals surface area contributed by atoms with Crippen LogP contribution in [0.25, 0.3) is 0 Å². The molecule has 0 radical (unpaired) electrons. The van der Waals surface area contributed by atoms with E-state index in [0.29, 0.717) is 0 Å². The average Bonchev–Trinajstić information content (AvgIpc) is 1.89. The summed E-state index contributed by atoms with van der Waals surface area (Å²) in [6, 6.07) is 0. The molecule has 68 valence electrons. The predicted molar refractivity (Wildman–Crippen MR) is 40.1 cm³/mol. The second-order valence-corrected chi connectivity index (χ2v) is 1.98. The SMILES string of the molecule is CC(O)C(=O)O.CNC(C)O. The molecule has 5 heteroatoms. The van der Waals surface area contributed by atoms with Crippen LogP contribution < -0.4 is 5.32 Å². The molecule has 0 rings (SSSR count). The summed E-state index contributed by atoms with van der Waals surface area (Å²) in [5, 5.41) is 26.6. The lowest BCUT2D eigenvalue weighted by Gasteiger charge is -1.94. The van der Waals surface area contributed by atoms with Crippen molar-refractivity contribution in [1.29, 1.82) is 0 Å². The van der Waals surface area contributed by atoms with Crippen molar-refractivity contribution in [3.63, 3.8) is 0 Å². The van der Waals surface area contributed by atoms with Gasteiger partial charge < -0.3 is 15.3 Å². The highest BCUT2D eigenvalue weighted by atomic mass is 16.4. The van der Waals surface area contributed by atoms with E-state index in [2.05, 4.69) is 5.32 Å². The fourth-order valence-corrected chi connectivity index (χ4v) is 0. The van der Waals surface area contributed by atoms with Gasteiger partial charge in [-0.1, -0.05) is 0 Å². The molecule has 0 aliphatic heterocycles. The van der Waals surface area contributed by atoms with Gasteiger partial charge in [0.15, 0.2) is 0 Å². The van der Waals surface area contributed by atoms with Crippen LogP contribution >= 0.6 is 0 Å². The van der Waals surface area contributed by atoms with Crippen molar-refractivity contribution in [1.82, 2.24) is 5.32 Å². The third kappa shape index (κ3) is 17.6. The summed E-state index contributed by atoms with van der Waals surface area (Å²) < 4.78 is 0. The predicted octanol–water partition coefficient (Wildman–Crippen LogP) is -1.00. The fraction of sp³-hybridized carbons (Fsp3) is 0.833. The Balaban J connectivity index is 0. The lowest BCUT2D eigenvalue weighted by atomic mass is 10.4. The molecule has 11 heavy (non-hydrogen) atoms. The molecule has 2 atom stereocenters. The summed E-state index contributed by atoms with van der Waals surface area (Å²) in [6.45, 7) is 2.86. The third-order valence-corrected chi connectivity index (χ3v) is 0.775. The van der Waals surface area contributed by atoms with E-state index in [1.54, 1.807) is 14.0 Å². The first-order valence-electron chi connectivity index (χ1n) is 3.18. The van der Waals surface area contributed by atoms with Gasteiger partial charge in [-0.3, -0.25) is 5.32 Å². The Hall–Kier alpha value is -0.650. The standard InChI is InChI=1S/C3H9NO.C3H6O3/c1-3(5)4-2;1-2(4)3(5)6/h3-5H,1-2H3;2,4H,1H3,(H,5,6). The number of hydrogen-bond donors (Lipinski definition) is 4. The Kier molecular flexibility index (Phi) is 8.80. The molecule has 0 aromatic heterocycles. The molecular weight excluding hydrogens is 150 g/mol. The Morgan fingerprint density at radius 1 is 1.36 bits per heavy atom. The van der Waals surface area contributed by atoms with Gasteiger partial charge in [-0.25, -0.2) is 4.79 Å². The van der Waals surface area contributed by atoms with Crippen LogP contribution in [0.5, 0.6) is 0 Å². The van der Waals surface area contributed by atoms with Gasteiger partial charge in [0.05, 0.1) is 0 Å². The molecule has 0 aliphatic rings. The van der Waals surface area contributed by atoms with E-state index in [4.69, 9.17) is 15.3 Å².